The van der Waals surface area contributed by atoms with E-state index in [1.54, 1.807) is 0 Å². The minimum atomic E-state index is -0.579. The maximum absolute atomic E-state index is 12.2. The second-order valence-electron chi connectivity index (χ2n) is 12.4. The van der Waals surface area contributed by atoms with Gasteiger partial charge < -0.3 is 4.43 Å². The van der Waals surface area contributed by atoms with Crippen molar-refractivity contribution in [2.24, 2.45) is 40.4 Å². The van der Waals surface area contributed by atoms with Crippen LogP contribution in [0.2, 0.25) is 5.04 Å². The smallest absolute Gasteiger partial charge is 0.167 e. The molecule has 166 valence electrons. The van der Waals surface area contributed by atoms with Crippen LogP contribution in [-0.2, 0) is 9.22 Å². The quantitative estimate of drug-likeness (QED) is 0.426. The molecule has 7 atom stereocenters. The van der Waals surface area contributed by atoms with Gasteiger partial charge in [0.15, 0.2) is 15.5 Å². The van der Waals surface area contributed by atoms with Gasteiger partial charge in [0.05, 0.1) is 0 Å². The molecule has 0 aliphatic heterocycles. The number of hydrogen-bond acceptors (Lipinski definition) is 2. The van der Waals surface area contributed by atoms with Crippen molar-refractivity contribution in [3.8, 4) is 12.3 Å². The van der Waals surface area contributed by atoms with Crippen LogP contribution in [0.25, 0.3) is 0 Å². The highest BCUT2D eigenvalue weighted by atomic mass is 28.2. The number of rotatable bonds is 4. The number of carbonyl (C=O) groups is 1. The van der Waals surface area contributed by atoms with E-state index in [0.717, 1.165) is 18.8 Å². The Bertz CT molecular complexity index is 774. The van der Waals surface area contributed by atoms with Crippen LogP contribution in [-0.4, -0.2) is 21.7 Å². The molecule has 0 saturated heterocycles. The van der Waals surface area contributed by atoms with Gasteiger partial charge in [0.25, 0.3) is 0 Å². The summed E-state index contributed by atoms with van der Waals surface area (Å²) in [5.41, 5.74) is 1.73. The van der Waals surface area contributed by atoms with E-state index in [4.69, 9.17) is 10.8 Å². The first kappa shape index (κ1) is 22.3. The van der Waals surface area contributed by atoms with E-state index in [-0.39, 0.29) is 17.1 Å². The lowest BCUT2D eigenvalue weighted by Crippen LogP contribution is -2.53. The molecule has 0 amide bonds. The van der Waals surface area contributed by atoms with E-state index in [1.165, 1.54) is 31.3 Å². The van der Waals surface area contributed by atoms with Crippen molar-refractivity contribution in [1.82, 2.24) is 0 Å². The standard InChI is InChI=1S/C27H42O2Si/c1-8-18-15-20-21-9-10-24(29-30-25(4,5)17(2)3)27(21,7)14-12-22(20)26(6)13-11-19(28)16-23(18)26/h1,16-18,20-22,24H,9-15,30H2,2-7H3/t18-,20+,21+,22+,24+,26-,27+/m1/s1. The third-order valence-electron chi connectivity index (χ3n) is 10.3. The summed E-state index contributed by atoms with van der Waals surface area (Å²) in [5, 5.41) is 0.354. The molecule has 0 heterocycles. The normalized spacial score (nSPS) is 43.9. The fraction of sp³-hybridized carbons (Fsp3) is 0.815. The van der Waals surface area contributed by atoms with Gasteiger partial charge in [0.1, 0.15) is 0 Å². The summed E-state index contributed by atoms with van der Waals surface area (Å²) in [7, 11) is -0.579. The molecule has 0 spiro atoms. The van der Waals surface area contributed by atoms with Gasteiger partial charge in [-0.3, -0.25) is 4.79 Å². The van der Waals surface area contributed by atoms with Crippen LogP contribution in [0.1, 0.15) is 86.5 Å². The first-order chi connectivity index (χ1) is 14.0. The van der Waals surface area contributed by atoms with Crippen LogP contribution in [0.15, 0.2) is 11.6 Å². The van der Waals surface area contributed by atoms with Crippen LogP contribution >= 0.6 is 0 Å². The number of hydrogen-bond donors (Lipinski definition) is 0. The van der Waals surface area contributed by atoms with Crippen molar-refractivity contribution >= 4 is 15.5 Å². The van der Waals surface area contributed by atoms with Crippen LogP contribution in [0.3, 0.4) is 0 Å². The molecule has 4 aliphatic rings. The summed E-state index contributed by atoms with van der Waals surface area (Å²) in [6, 6.07) is 0. The van der Waals surface area contributed by atoms with E-state index in [1.807, 2.05) is 6.08 Å². The molecular weight excluding hydrogens is 384 g/mol. The van der Waals surface area contributed by atoms with Gasteiger partial charge in [-0.25, -0.2) is 0 Å². The summed E-state index contributed by atoms with van der Waals surface area (Å²) >= 11 is 0. The van der Waals surface area contributed by atoms with E-state index < -0.39 is 9.76 Å². The Morgan fingerprint density at radius 1 is 1.20 bits per heavy atom. The van der Waals surface area contributed by atoms with Crippen LogP contribution in [0.4, 0.5) is 0 Å². The van der Waals surface area contributed by atoms with Crippen molar-refractivity contribution in [3.05, 3.63) is 11.6 Å². The number of carbonyl (C=O) groups excluding carboxylic acids is 1. The molecule has 0 bridgehead atoms. The SMILES string of the molecule is C#C[C@@H]1C[C@H]2[C@@H]3CC[C@H](O[SiH2]C(C)(C)C(C)C)[C@@]3(C)CC[C@@H]2[C@@]2(C)CCC(=O)C=C12. The zero-order chi connectivity index (χ0) is 21.9. The Labute approximate surface area is 186 Å². The molecule has 0 unspecified atom stereocenters. The van der Waals surface area contributed by atoms with Crippen LogP contribution in [0, 0.1) is 52.8 Å². The zero-order valence-electron chi connectivity index (χ0n) is 20.1. The van der Waals surface area contributed by atoms with Gasteiger partial charge >= 0.3 is 0 Å². The number of ketones is 1. The molecule has 0 radical (unpaired) electrons. The highest BCUT2D eigenvalue weighted by Gasteiger charge is 2.60. The predicted molar refractivity (Wildman–Crippen MR) is 127 cm³/mol. The molecular formula is C27H42O2Si. The Morgan fingerprint density at radius 3 is 2.60 bits per heavy atom. The maximum atomic E-state index is 12.2. The average Bonchev–Trinajstić information content (AvgIpc) is 3.03. The highest BCUT2D eigenvalue weighted by Crippen LogP contribution is 2.66. The Kier molecular flexibility index (Phi) is 5.68. The van der Waals surface area contributed by atoms with Gasteiger partial charge in [-0.05, 0) is 89.7 Å². The molecule has 3 heteroatoms. The van der Waals surface area contributed by atoms with Gasteiger partial charge in [-0.15, -0.1) is 6.42 Å². The maximum Gasteiger partial charge on any atom is 0.167 e. The molecule has 2 nitrogen and oxygen atoms in total. The van der Waals surface area contributed by atoms with Crippen molar-refractivity contribution in [3.63, 3.8) is 0 Å². The van der Waals surface area contributed by atoms with Crippen LogP contribution < -0.4 is 0 Å². The first-order valence-electron chi connectivity index (χ1n) is 12.4. The third kappa shape index (κ3) is 3.38. The fourth-order valence-electron chi connectivity index (χ4n) is 7.51. The lowest BCUT2D eigenvalue weighted by Gasteiger charge is -2.59. The second kappa shape index (κ2) is 7.63. The Morgan fingerprint density at radius 2 is 1.93 bits per heavy atom. The summed E-state index contributed by atoms with van der Waals surface area (Å²) in [5.74, 6) is 6.31. The van der Waals surface area contributed by atoms with Crippen molar-refractivity contribution in [2.45, 2.75) is 97.6 Å². The molecule has 0 N–H and O–H groups in total. The van der Waals surface area contributed by atoms with E-state index in [2.05, 4.69) is 47.5 Å². The first-order valence-corrected chi connectivity index (χ1v) is 13.6. The van der Waals surface area contributed by atoms with Gasteiger partial charge in [-0.1, -0.05) is 47.5 Å². The summed E-state index contributed by atoms with van der Waals surface area (Å²) in [4.78, 5) is 12.2. The van der Waals surface area contributed by atoms with Gasteiger partial charge in [-0.2, -0.15) is 0 Å². The predicted octanol–water partition coefficient (Wildman–Crippen LogP) is 5.70. The lowest BCUT2D eigenvalue weighted by atomic mass is 9.45. The molecule has 0 aromatic carbocycles. The molecule has 30 heavy (non-hydrogen) atoms. The number of terminal acetylenes is 1. The van der Waals surface area contributed by atoms with Crippen molar-refractivity contribution in [2.75, 3.05) is 0 Å². The minimum absolute atomic E-state index is 0.128. The largest absolute Gasteiger partial charge is 0.420 e. The van der Waals surface area contributed by atoms with Gasteiger partial charge in [0, 0.05) is 18.4 Å². The molecule has 4 rings (SSSR count). The van der Waals surface area contributed by atoms with Crippen molar-refractivity contribution in [1.29, 1.82) is 0 Å². The Balaban J connectivity index is 1.57. The van der Waals surface area contributed by atoms with Crippen molar-refractivity contribution < 1.29 is 9.22 Å². The summed E-state index contributed by atoms with van der Waals surface area (Å²) in [6.07, 6.45) is 16.3. The highest BCUT2D eigenvalue weighted by molar-refractivity contribution is 6.32. The molecule has 3 fully saturated rings. The summed E-state index contributed by atoms with van der Waals surface area (Å²) < 4.78 is 6.82. The third-order valence-corrected chi connectivity index (χ3v) is 12.5. The minimum Gasteiger partial charge on any atom is -0.420 e. The van der Waals surface area contributed by atoms with Gasteiger partial charge in [0.2, 0.25) is 0 Å². The Hall–Kier alpha value is -0.853. The van der Waals surface area contributed by atoms with E-state index >= 15 is 0 Å². The summed E-state index contributed by atoms with van der Waals surface area (Å²) in [6.45, 7) is 14.4. The molecule has 3 saturated carbocycles. The number of allylic oxidation sites excluding steroid dienone is 1. The van der Waals surface area contributed by atoms with Crippen LogP contribution in [0.5, 0.6) is 0 Å². The molecule has 4 aliphatic carbocycles. The average molecular weight is 427 g/mol. The lowest BCUT2D eigenvalue weighted by molar-refractivity contribution is -0.118. The fourth-order valence-corrected chi connectivity index (χ4v) is 9.02. The molecule has 0 aromatic rings. The zero-order valence-corrected chi connectivity index (χ0v) is 21.5. The second-order valence-corrected chi connectivity index (χ2v) is 14.8. The molecule has 0 aromatic heterocycles. The topological polar surface area (TPSA) is 26.3 Å². The van der Waals surface area contributed by atoms with E-state index in [9.17, 15) is 4.79 Å². The monoisotopic (exact) mass is 426 g/mol. The van der Waals surface area contributed by atoms with E-state index in [0.29, 0.717) is 40.7 Å². The number of fused-ring (bicyclic) bond motifs is 5.